The Bertz CT molecular complexity index is 1200. The van der Waals surface area contributed by atoms with Crippen molar-refractivity contribution in [1.82, 2.24) is 19.9 Å². The molecular weight excluding hydrogens is 402 g/mol. The van der Waals surface area contributed by atoms with Gasteiger partial charge in [0.1, 0.15) is 18.1 Å². The number of likely N-dealkylation sites (N-methyl/N-ethyl adjacent to an activating group) is 1. The lowest BCUT2D eigenvalue weighted by atomic mass is 10.2. The molecule has 0 atom stereocenters. The second-order valence-corrected chi connectivity index (χ2v) is 7.47. The summed E-state index contributed by atoms with van der Waals surface area (Å²) in [5.41, 5.74) is 3.03. The lowest BCUT2D eigenvalue weighted by molar-refractivity contribution is -0.118. The number of carbonyl (C=O) groups is 2. The zero-order valence-corrected chi connectivity index (χ0v) is 17.9. The van der Waals surface area contributed by atoms with Gasteiger partial charge in [0.05, 0.1) is 11.0 Å². The average Bonchev–Trinajstić information content (AvgIpc) is 3.19. The average molecular weight is 428 g/mol. The molecular formula is C25H25N5O2. The first kappa shape index (κ1) is 21.2. The number of anilines is 1. The topological polar surface area (TPSA) is 80.1 Å². The van der Waals surface area contributed by atoms with Gasteiger partial charge in [-0.15, -0.1) is 0 Å². The molecule has 0 fully saturated rings. The molecule has 7 heteroatoms. The summed E-state index contributed by atoms with van der Waals surface area (Å²) in [4.78, 5) is 35.6. The minimum absolute atomic E-state index is 0.0240. The SMILES string of the molecule is CN(C(=O)Cn1c(CCCNC(=O)c2ccccn2)nc2ccccc21)c1ccccc1. The maximum atomic E-state index is 13.0. The predicted molar refractivity (Wildman–Crippen MR) is 124 cm³/mol. The summed E-state index contributed by atoms with van der Waals surface area (Å²) < 4.78 is 1.97. The molecule has 4 rings (SSSR count). The van der Waals surface area contributed by atoms with E-state index in [1.54, 1.807) is 36.3 Å². The van der Waals surface area contributed by atoms with Gasteiger partial charge in [-0.05, 0) is 42.8 Å². The Hall–Kier alpha value is -4.00. The van der Waals surface area contributed by atoms with Crippen molar-refractivity contribution in [2.75, 3.05) is 18.5 Å². The third-order valence-corrected chi connectivity index (χ3v) is 5.30. The molecule has 0 aliphatic rings. The molecule has 4 aromatic rings. The van der Waals surface area contributed by atoms with Gasteiger partial charge in [0.15, 0.2) is 0 Å². The molecule has 0 saturated carbocycles. The number of fused-ring (bicyclic) bond motifs is 1. The van der Waals surface area contributed by atoms with Crippen LogP contribution in [-0.4, -0.2) is 39.9 Å². The minimum atomic E-state index is -0.196. The zero-order valence-electron chi connectivity index (χ0n) is 17.9. The van der Waals surface area contributed by atoms with Gasteiger partial charge in [0.2, 0.25) is 5.91 Å². The highest BCUT2D eigenvalue weighted by atomic mass is 16.2. The van der Waals surface area contributed by atoms with Crippen LogP contribution >= 0.6 is 0 Å². The summed E-state index contributed by atoms with van der Waals surface area (Å²) in [6.45, 7) is 0.692. The second kappa shape index (κ2) is 9.87. The number of carbonyl (C=O) groups excluding carboxylic acids is 2. The van der Waals surface area contributed by atoms with Gasteiger partial charge in [0, 0.05) is 31.9 Å². The summed E-state index contributed by atoms with van der Waals surface area (Å²) in [7, 11) is 1.78. The first-order valence-electron chi connectivity index (χ1n) is 10.6. The number of aromatic nitrogens is 3. The normalized spacial score (nSPS) is 10.8. The largest absolute Gasteiger partial charge is 0.351 e. The number of nitrogens with one attached hydrogen (secondary N) is 1. The van der Waals surface area contributed by atoms with E-state index < -0.39 is 0 Å². The Morgan fingerprint density at radius 3 is 2.50 bits per heavy atom. The number of nitrogens with zero attached hydrogens (tertiary/aromatic N) is 4. The highest BCUT2D eigenvalue weighted by molar-refractivity contribution is 5.93. The van der Waals surface area contributed by atoms with Crippen molar-refractivity contribution in [2.24, 2.45) is 0 Å². The van der Waals surface area contributed by atoms with Crippen LogP contribution < -0.4 is 10.2 Å². The van der Waals surface area contributed by atoms with E-state index in [1.165, 1.54) is 0 Å². The lowest BCUT2D eigenvalue weighted by Crippen LogP contribution is -2.30. The molecule has 2 aromatic carbocycles. The number of hydrogen-bond donors (Lipinski definition) is 1. The highest BCUT2D eigenvalue weighted by Crippen LogP contribution is 2.19. The van der Waals surface area contributed by atoms with Crippen molar-refractivity contribution in [3.8, 4) is 0 Å². The van der Waals surface area contributed by atoms with Gasteiger partial charge in [-0.3, -0.25) is 14.6 Å². The fraction of sp³-hybridized carbons (Fsp3) is 0.200. The first-order valence-corrected chi connectivity index (χ1v) is 10.6. The van der Waals surface area contributed by atoms with Gasteiger partial charge in [0.25, 0.3) is 5.91 Å². The number of aryl methyl sites for hydroxylation is 1. The third kappa shape index (κ3) is 4.83. The second-order valence-electron chi connectivity index (χ2n) is 7.47. The van der Waals surface area contributed by atoms with Gasteiger partial charge in [-0.25, -0.2) is 4.98 Å². The lowest BCUT2D eigenvalue weighted by Gasteiger charge is -2.18. The molecule has 2 aromatic heterocycles. The number of rotatable bonds is 8. The summed E-state index contributed by atoms with van der Waals surface area (Å²) in [5.74, 6) is 0.607. The standard InChI is InChI=1S/C25H25N5O2/c1-29(19-10-3-2-4-11-19)24(31)18-30-22-14-6-5-12-20(22)28-23(30)15-9-17-27-25(32)21-13-7-8-16-26-21/h2-8,10-14,16H,9,15,17-18H2,1H3,(H,27,32). The summed E-state index contributed by atoms with van der Waals surface area (Å²) in [6, 6.07) is 22.6. The van der Waals surface area contributed by atoms with Crippen molar-refractivity contribution in [1.29, 1.82) is 0 Å². The molecule has 162 valence electrons. The van der Waals surface area contributed by atoms with Crippen LogP contribution in [0, 0.1) is 0 Å². The van der Waals surface area contributed by atoms with Crippen molar-refractivity contribution < 1.29 is 9.59 Å². The maximum Gasteiger partial charge on any atom is 0.269 e. The van der Waals surface area contributed by atoms with Gasteiger partial charge in [-0.2, -0.15) is 0 Å². The molecule has 2 heterocycles. The van der Waals surface area contributed by atoms with Gasteiger partial charge < -0.3 is 14.8 Å². The Morgan fingerprint density at radius 1 is 0.969 bits per heavy atom. The molecule has 0 spiro atoms. The molecule has 0 aliphatic heterocycles. The summed E-state index contributed by atoms with van der Waals surface area (Å²) >= 11 is 0. The van der Waals surface area contributed by atoms with E-state index in [9.17, 15) is 9.59 Å². The Kier molecular flexibility index (Phi) is 6.55. The van der Waals surface area contributed by atoms with Crippen LogP contribution in [0.25, 0.3) is 11.0 Å². The smallest absolute Gasteiger partial charge is 0.269 e. The number of imidazole rings is 1. The van der Waals surface area contributed by atoms with E-state index in [0.29, 0.717) is 25.1 Å². The Morgan fingerprint density at radius 2 is 1.72 bits per heavy atom. The summed E-state index contributed by atoms with van der Waals surface area (Å²) in [5, 5.41) is 2.89. The minimum Gasteiger partial charge on any atom is -0.351 e. The van der Waals surface area contributed by atoms with Crippen LogP contribution in [0.1, 0.15) is 22.7 Å². The van der Waals surface area contributed by atoms with Crippen molar-refractivity contribution in [3.63, 3.8) is 0 Å². The van der Waals surface area contributed by atoms with Crippen LogP contribution in [0.2, 0.25) is 0 Å². The highest BCUT2D eigenvalue weighted by Gasteiger charge is 2.17. The van der Waals surface area contributed by atoms with Crippen LogP contribution in [-0.2, 0) is 17.8 Å². The molecule has 7 nitrogen and oxygen atoms in total. The number of pyridine rings is 1. The van der Waals surface area contributed by atoms with E-state index in [2.05, 4.69) is 10.3 Å². The first-order chi connectivity index (χ1) is 15.6. The molecule has 0 aliphatic carbocycles. The monoisotopic (exact) mass is 427 g/mol. The van der Waals surface area contributed by atoms with E-state index >= 15 is 0 Å². The number of para-hydroxylation sites is 3. The van der Waals surface area contributed by atoms with Crippen molar-refractivity contribution in [3.05, 3.63) is 90.5 Å². The van der Waals surface area contributed by atoms with Gasteiger partial charge in [-0.1, -0.05) is 36.4 Å². The van der Waals surface area contributed by atoms with Crippen LogP contribution in [0.4, 0.5) is 5.69 Å². The fourth-order valence-electron chi connectivity index (χ4n) is 3.57. The molecule has 1 N–H and O–H groups in total. The zero-order chi connectivity index (χ0) is 22.3. The molecule has 2 amide bonds. The molecule has 0 unspecified atom stereocenters. The van der Waals surface area contributed by atoms with Crippen molar-refractivity contribution in [2.45, 2.75) is 19.4 Å². The molecule has 0 radical (unpaired) electrons. The van der Waals surface area contributed by atoms with Crippen LogP contribution in [0.5, 0.6) is 0 Å². The number of amides is 2. The van der Waals surface area contributed by atoms with E-state index in [-0.39, 0.29) is 18.4 Å². The molecule has 0 bridgehead atoms. The van der Waals surface area contributed by atoms with Crippen LogP contribution in [0.3, 0.4) is 0 Å². The molecule has 32 heavy (non-hydrogen) atoms. The van der Waals surface area contributed by atoms with Crippen LogP contribution in [0.15, 0.2) is 79.0 Å². The van der Waals surface area contributed by atoms with E-state index in [0.717, 1.165) is 22.5 Å². The third-order valence-electron chi connectivity index (χ3n) is 5.30. The number of benzene rings is 2. The Labute approximate surface area is 186 Å². The van der Waals surface area contributed by atoms with Gasteiger partial charge >= 0.3 is 0 Å². The predicted octanol–water partition coefficient (Wildman–Crippen LogP) is 3.46. The van der Waals surface area contributed by atoms with Crippen molar-refractivity contribution >= 4 is 28.5 Å². The maximum absolute atomic E-state index is 13.0. The summed E-state index contributed by atoms with van der Waals surface area (Å²) in [6.07, 6.45) is 2.94. The van der Waals surface area contributed by atoms with E-state index in [1.807, 2.05) is 59.2 Å². The number of hydrogen-bond acceptors (Lipinski definition) is 4. The fourth-order valence-corrected chi connectivity index (χ4v) is 3.57. The molecule has 0 saturated heterocycles. The quantitative estimate of drug-likeness (QED) is 0.437. The van der Waals surface area contributed by atoms with E-state index in [4.69, 9.17) is 4.98 Å². The Balaban J connectivity index is 1.44.